The highest BCUT2D eigenvalue weighted by molar-refractivity contribution is 5.90. The van der Waals surface area contributed by atoms with Crippen LogP contribution in [0, 0.1) is 0 Å². The zero-order valence-corrected chi connectivity index (χ0v) is 16.9. The Morgan fingerprint density at radius 2 is 1.78 bits per heavy atom. The first-order valence-electron chi connectivity index (χ1n) is 9.66. The molecule has 0 fully saturated rings. The molecule has 0 aliphatic rings. The molecule has 0 radical (unpaired) electrons. The van der Waals surface area contributed by atoms with Crippen molar-refractivity contribution in [3.63, 3.8) is 0 Å². The Kier molecular flexibility index (Phi) is 11.4. The van der Waals surface area contributed by atoms with E-state index in [2.05, 4.69) is 22.4 Å². The average Bonchev–Trinajstić information content (AvgIpc) is 3.12. The van der Waals surface area contributed by atoms with Gasteiger partial charge >= 0.3 is 0 Å². The van der Waals surface area contributed by atoms with Gasteiger partial charge in [-0.3, -0.25) is 4.79 Å². The quantitative estimate of drug-likeness (QED) is 0.507. The molecule has 0 aliphatic carbocycles. The zero-order valence-electron chi connectivity index (χ0n) is 16.1. The van der Waals surface area contributed by atoms with E-state index in [-0.39, 0.29) is 18.3 Å². The minimum absolute atomic E-state index is 0. The fraction of sp³-hybridized carbons (Fsp3) is 0.550. The first-order chi connectivity index (χ1) is 12.7. The molecule has 150 valence electrons. The number of aromatic nitrogens is 2. The van der Waals surface area contributed by atoms with Gasteiger partial charge in [-0.1, -0.05) is 44.2 Å². The third kappa shape index (κ3) is 8.54. The number of halogens is 1. The fourth-order valence-electron chi connectivity index (χ4n) is 2.72. The van der Waals surface area contributed by atoms with Gasteiger partial charge in [0.25, 0.3) is 0 Å². The van der Waals surface area contributed by atoms with Crippen LogP contribution in [-0.4, -0.2) is 22.6 Å². The van der Waals surface area contributed by atoms with Crippen molar-refractivity contribution >= 4 is 24.0 Å². The van der Waals surface area contributed by atoms with Gasteiger partial charge in [0.2, 0.25) is 17.6 Å². The van der Waals surface area contributed by atoms with Gasteiger partial charge in [-0.2, -0.15) is 4.98 Å². The summed E-state index contributed by atoms with van der Waals surface area (Å²) in [6, 6.07) is 7.50. The number of nitrogens with one attached hydrogen (secondary N) is 1. The predicted octanol–water partition coefficient (Wildman–Crippen LogP) is 4.74. The molecule has 3 N–H and O–H groups in total. The third-order valence-corrected chi connectivity index (χ3v) is 4.25. The average molecular weight is 395 g/mol. The van der Waals surface area contributed by atoms with Crippen LogP contribution in [0.5, 0.6) is 0 Å². The van der Waals surface area contributed by atoms with Crippen LogP contribution in [0.25, 0.3) is 11.4 Å². The Hall–Kier alpha value is -1.92. The number of aryl methyl sites for hydroxylation is 1. The molecule has 6 nitrogen and oxygen atoms in total. The number of amides is 1. The molecule has 1 aromatic carbocycles. The highest BCUT2D eigenvalue weighted by Gasteiger charge is 2.09. The molecule has 1 aromatic heterocycles. The van der Waals surface area contributed by atoms with E-state index in [0.717, 1.165) is 30.5 Å². The van der Waals surface area contributed by atoms with Gasteiger partial charge in [0.05, 0.1) is 0 Å². The number of hydrogen-bond donors (Lipinski definition) is 2. The lowest BCUT2D eigenvalue weighted by atomic mass is 10.1. The minimum Gasteiger partial charge on any atom is -0.339 e. The number of nitrogens with two attached hydrogens (primary N) is 1. The van der Waals surface area contributed by atoms with Crippen LogP contribution < -0.4 is 11.1 Å². The summed E-state index contributed by atoms with van der Waals surface area (Å²) >= 11 is 0. The van der Waals surface area contributed by atoms with Gasteiger partial charge in [-0.05, 0) is 43.7 Å². The van der Waals surface area contributed by atoms with E-state index in [9.17, 15) is 4.79 Å². The molecule has 0 saturated heterocycles. The normalized spacial score (nSPS) is 10.4. The lowest BCUT2D eigenvalue weighted by molar-refractivity contribution is -0.116. The largest absolute Gasteiger partial charge is 0.339 e. The van der Waals surface area contributed by atoms with E-state index < -0.39 is 0 Å². The van der Waals surface area contributed by atoms with E-state index in [1.165, 1.54) is 25.7 Å². The zero-order chi connectivity index (χ0) is 18.6. The number of nitrogens with zero attached hydrogens (tertiary/aromatic N) is 2. The third-order valence-electron chi connectivity index (χ3n) is 4.25. The Labute approximate surface area is 167 Å². The van der Waals surface area contributed by atoms with E-state index in [1.54, 1.807) is 0 Å². The lowest BCUT2D eigenvalue weighted by Crippen LogP contribution is -2.10. The molecule has 0 unspecified atom stereocenters. The topological polar surface area (TPSA) is 94.0 Å². The van der Waals surface area contributed by atoms with Crippen molar-refractivity contribution in [2.75, 3.05) is 11.9 Å². The van der Waals surface area contributed by atoms with Crippen molar-refractivity contribution in [3.8, 4) is 11.4 Å². The van der Waals surface area contributed by atoms with Gasteiger partial charge in [-0.15, -0.1) is 12.4 Å². The maximum atomic E-state index is 12.0. The first kappa shape index (κ1) is 23.1. The van der Waals surface area contributed by atoms with E-state index in [1.807, 2.05) is 24.3 Å². The van der Waals surface area contributed by atoms with Gasteiger partial charge in [0.1, 0.15) is 0 Å². The molecule has 2 aromatic rings. The summed E-state index contributed by atoms with van der Waals surface area (Å²) in [5.74, 6) is 1.22. The second-order valence-corrected chi connectivity index (χ2v) is 6.55. The standard InChI is InChI=1S/C20H30N4O2.ClH/c1-2-3-4-5-6-7-9-18(25)22-17-13-11-16(12-14-17)20-23-19(26-24-20)10-8-15-21;/h11-14H,2-10,15,21H2,1H3,(H,22,25);1H. The lowest BCUT2D eigenvalue weighted by Gasteiger charge is -2.06. The Balaban J connectivity index is 0.00000364. The number of anilines is 1. The highest BCUT2D eigenvalue weighted by Crippen LogP contribution is 2.19. The summed E-state index contributed by atoms with van der Waals surface area (Å²) in [5, 5.41) is 6.93. The van der Waals surface area contributed by atoms with Crippen molar-refractivity contribution in [1.29, 1.82) is 0 Å². The number of hydrogen-bond acceptors (Lipinski definition) is 5. The van der Waals surface area contributed by atoms with Gasteiger partial charge in [0, 0.05) is 24.1 Å². The van der Waals surface area contributed by atoms with Crippen LogP contribution in [-0.2, 0) is 11.2 Å². The summed E-state index contributed by atoms with van der Waals surface area (Å²) in [7, 11) is 0. The number of unbranched alkanes of at least 4 members (excludes halogenated alkanes) is 5. The Bertz CT molecular complexity index is 658. The molecule has 0 bridgehead atoms. The Morgan fingerprint density at radius 3 is 2.48 bits per heavy atom. The molecule has 0 saturated carbocycles. The van der Waals surface area contributed by atoms with E-state index in [0.29, 0.717) is 31.1 Å². The van der Waals surface area contributed by atoms with Crippen molar-refractivity contribution in [2.45, 2.75) is 64.7 Å². The molecule has 0 aliphatic heterocycles. The van der Waals surface area contributed by atoms with Crippen LogP contribution in [0.4, 0.5) is 5.69 Å². The second-order valence-electron chi connectivity index (χ2n) is 6.55. The number of rotatable bonds is 12. The molecule has 1 heterocycles. The molecular weight excluding hydrogens is 364 g/mol. The van der Waals surface area contributed by atoms with Gasteiger partial charge < -0.3 is 15.6 Å². The van der Waals surface area contributed by atoms with Crippen molar-refractivity contribution in [3.05, 3.63) is 30.2 Å². The van der Waals surface area contributed by atoms with Gasteiger partial charge in [-0.25, -0.2) is 0 Å². The molecule has 7 heteroatoms. The van der Waals surface area contributed by atoms with Gasteiger partial charge in [0.15, 0.2) is 0 Å². The van der Waals surface area contributed by atoms with Crippen LogP contribution in [0.1, 0.15) is 64.2 Å². The minimum atomic E-state index is 0. The van der Waals surface area contributed by atoms with Crippen LogP contribution >= 0.6 is 12.4 Å². The molecule has 27 heavy (non-hydrogen) atoms. The summed E-state index contributed by atoms with van der Waals surface area (Å²) < 4.78 is 5.21. The first-order valence-corrected chi connectivity index (χ1v) is 9.66. The van der Waals surface area contributed by atoms with Crippen molar-refractivity contribution in [2.24, 2.45) is 5.73 Å². The molecule has 0 spiro atoms. The monoisotopic (exact) mass is 394 g/mol. The molecular formula is C20H31ClN4O2. The molecule has 0 atom stereocenters. The highest BCUT2D eigenvalue weighted by atomic mass is 35.5. The number of carbonyl (C=O) groups is 1. The van der Waals surface area contributed by atoms with Crippen LogP contribution in [0.3, 0.4) is 0 Å². The van der Waals surface area contributed by atoms with E-state index in [4.69, 9.17) is 10.3 Å². The summed E-state index contributed by atoms with van der Waals surface area (Å²) in [5.41, 5.74) is 7.13. The summed E-state index contributed by atoms with van der Waals surface area (Å²) in [6.07, 6.45) is 9.17. The van der Waals surface area contributed by atoms with E-state index >= 15 is 0 Å². The molecule has 1 amide bonds. The van der Waals surface area contributed by atoms with Crippen molar-refractivity contribution in [1.82, 2.24) is 10.1 Å². The molecule has 2 rings (SSSR count). The number of carbonyl (C=O) groups excluding carboxylic acids is 1. The smallest absolute Gasteiger partial charge is 0.227 e. The second kappa shape index (κ2) is 13.3. The van der Waals surface area contributed by atoms with Crippen LogP contribution in [0.2, 0.25) is 0 Å². The summed E-state index contributed by atoms with van der Waals surface area (Å²) in [4.78, 5) is 16.4. The predicted molar refractivity (Wildman–Crippen MR) is 111 cm³/mol. The maximum absolute atomic E-state index is 12.0. The summed E-state index contributed by atoms with van der Waals surface area (Å²) in [6.45, 7) is 2.81. The Morgan fingerprint density at radius 1 is 1.07 bits per heavy atom. The SMILES string of the molecule is CCCCCCCCC(=O)Nc1ccc(-c2noc(CCCN)n2)cc1.Cl. The maximum Gasteiger partial charge on any atom is 0.227 e. The number of benzene rings is 1. The fourth-order valence-corrected chi connectivity index (χ4v) is 2.72. The van der Waals surface area contributed by atoms with Crippen LogP contribution in [0.15, 0.2) is 28.8 Å². The van der Waals surface area contributed by atoms with Crippen molar-refractivity contribution < 1.29 is 9.32 Å².